The molecule has 0 radical (unpaired) electrons. The lowest BCUT2D eigenvalue weighted by atomic mass is 9.95. The van der Waals surface area contributed by atoms with Gasteiger partial charge in [-0.1, -0.05) is 13.8 Å². The molecule has 1 aliphatic heterocycles. The third kappa shape index (κ3) is 4.95. The van der Waals surface area contributed by atoms with Crippen molar-refractivity contribution in [1.29, 1.82) is 0 Å². The zero-order chi connectivity index (χ0) is 19.1. The van der Waals surface area contributed by atoms with Crippen LogP contribution in [0.25, 0.3) is 0 Å². The largest absolute Gasteiger partial charge is 0.427 e. The monoisotopic (exact) mass is 363 g/mol. The molecule has 0 bridgehead atoms. The summed E-state index contributed by atoms with van der Waals surface area (Å²) in [5.74, 6) is 0.686. The highest BCUT2D eigenvalue weighted by atomic mass is 16.4. The van der Waals surface area contributed by atoms with Crippen LogP contribution in [-0.4, -0.2) is 61.5 Å². The van der Waals surface area contributed by atoms with Crippen molar-refractivity contribution in [3.8, 4) is 0 Å². The van der Waals surface area contributed by atoms with Gasteiger partial charge in [0.15, 0.2) is 0 Å². The summed E-state index contributed by atoms with van der Waals surface area (Å²) in [6, 6.07) is 1.88. The summed E-state index contributed by atoms with van der Waals surface area (Å²) in [5, 5.41) is 3.33. The molecule has 1 amide bonds. The molecule has 146 valence electrons. The van der Waals surface area contributed by atoms with Gasteiger partial charge in [-0.2, -0.15) is 0 Å². The Kier molecular flexibility index (Phi) is 7.85. The Labute approximate surface area is 156 Å². The first kappa shape index (κ1) is 20.6. The van der Waals surface area contributed by atoms with Gasteiger partial charge in [0.1, 0.15) is 11.3 Å². The molecule has 6 nitrogen and oxygen atoms in total. The average molecular weight is 364 g/mol. The number of carbonyl (C=O) groups excluding carboxylic acids is 1. The Hall–Kier alpha value is -1.66. The van der Waals surface area contributed by atoms with Crippen molar-refractivity contribution in [2.24, 2.45) is 0 Å². The minimum Gasteiger partial charge on any atom is -0.427 e. The van der Waals surface area contributed by atoms with Gasteiger partial charge in [0.2, 0.25) is 0 Å². The van der Waals surface area contributed by atoms with E-state index in [0.717, 1.165) is 45.6 Å². The first-order valence-electron chi connectivity index (χ1n) is 9.88. The lowest BCUT2D eigenvalue weighted by Crippen LogP contribution is -2.40. The summed E-state index contributed by atoms with van der Waals surface area (Å²) in [4.78, 5) is 29.5. The number of nitrogens with zero attached hydrogens (tertiary/aromatic N) is 2. The van der Waals surface area contributed by atoms with Gasteiger partial charge >= 0.3 is 5.63 Å². The number of rotatable bonds is 8. The van der Waals surface area contributed by atoms with Crippen LogP contribution in [0.2, 0.25) is 0 Å². The lowest BCUT2D eigenvalue weighted by molar-refractivity contribution is 0.0740. The maximum absolute atomic E-state index is 12.9. The summed E-state index contributed by atoms with van der Waals surface area (Å²) in [6.45, 7) is 13.7. The van der Waals surface area contributed by atoms with Crippen molar-refractivity contribution in [3.63, 3.8) is 0 Å². The Balaban J connectivity index is 2.17. The van der Waals surface area contributed by atoms with Gasteiger partial charge in [0.25, 0.3) is 5.91 Å². The third-order valence-corrected chi connectivity index (χ3v) is 5.33. The first-order chi connectivity index (χ1) is 12.5. The van der Waals surface area contributed by atoms with Gasteiger partial charge in [0, 0.05) is 32.1 Å². The number of amides is 1. The van der Waals surface area contributed by atoms with Gasteiger partial charge < -0.3 is 19.5 Å². The van der Waals surface area contributed by atoms with Crippen molar-refractivity contribution in [1.82, 2.24) is 15.1 Å². The van der Waals surface area contributed by atoms with Crippen LogP contribution < -0.4 is 10.9 Å². The number of carbonyl (C=O) groups is 1. The Morgan fingerprint density at radius 1 is 1.23 bits per heavy atom. The van der Waals surface area contributed by atoms with E-state index in [1.165, 1.54) is 0 Å². The number of hydrogen-bond acceptors (Lipinski definition) is 5. The minimum atomic E-state index is -0.503. The molecule has 0 spiro atoms. The van der Waals surface area contributed by atoms with E-state index in [1.54, 1.807) is 4.90 Å². The molecule has 0 aliphatic carbocycles. The van der Waals surface area contributed by atoms with Crippen LogP contribution in [0.1, 0.15) is 61.2 Å². The van der Waals surface area contributed by atoms with Gasteiger partial charge in [-0.15, -0.1) is 0 Å². The highest BCUT2D eigenvalue weighted by Gasteiger charge is 2.25. The average Bonchev–Trinajstić information content (AvgIpc) is 2.65. The smallest absolute Gasteiger partial charge is 0.349 e. The highest BCUT2D eigenvalue weighted by molar-refractivity contribution is 5.95. The summed E-state index contributed by atoms with van der Waals surface area (Å²) in [5.41, 5.74) is 0.392. The SMILES string of the molecule is CCN(CC)CCN(CC)C(=O)c1c(C)cc(C2CCCNC2)oc1=O. The van der Waals surface area contributed by atoms with Crippen LogP contribution in [0.3, 0.4) is 0 Å². The number of piperidine rings is 1. The van der Waals surface area contributed by atoms with Crippen LogP contribution in [0.4, 0.5) is 0 Å². The lowest BCUT2D eigenvalue weighted by Gasteiger charge is -2.26. The maximum Gasteiger partial charge on any atom is 0.349 e. The van der Waals surface area contributed by atoms with E-state index < -0.39 is 5.63 Å². The van der Waals surface area contributed by atoms with E-state index in [4.69, 9.17) is 4.42 Å². The van der Waals surface area contributed by atoms with Gasteiger partial charge in [-0.3, -0.25) is 4.79 Å². The predicted octanol–water partition coefficient (Wildman–Crippen LogP) is 2.22. The van der Waals surface area contributed by atoms with Gasteiger partial charge in [0.05, 0.1) is 0 Å². The Morgan fingerprint density at radius 2 is 1.96 bits per heavy atom. The van der Waals surface area contributed by atoms with Crippen LogP contribution in [0.15, 0.2) is 15.3 Å². The molecule has 26 heavy (non-hydrogen) atoms. The zero-order valence-electron chi connectivity index (χ0n) is 16.6. The molecule has 0 saturated carbocycles. The van der Waals surface area contributed by atoms with E-state index in [1.807, 2.05) is 19.9 Å². The second-order valence-corrected chi connectivity index (χ2v) is 6.95. The maximum atomic E-state index is 12.9. The Morgan fingerprint density at radius 3 is 2.50 bits per heavy atom. The van der Waals surface area contributed by atoms with Crippen molar-refractivity contribution in [2.45, 2.75) is 46.5 Å². The molecule has 1 aliphatic rings. The summed E-state index contributed by atoms with van der Waals surface area (Å²) >= 11 is 0. The van der Waals surface area contributed by atoms with Crippen molar-refractivity contribution >= 4 is 5.91 Å². The molecule has 2 rings (SSSR count). The van der Waals surface area contributed by atoms with E-state index in [-0.39, 0.29) is 17.4 Å². The molecule has 6 heteroatoms. The van der Waals surface area contributed by atoms with Crippen LogP contribution >= 0.6 is 0 Å². The van der Waals surface area contributed by atoms with Crippen molar-refractivity contribution in [2.75, 3.05) is 45.8 Å². The molecule has 1 aromatic rings. The second kappa shape index (κ2) is 9.88. The quantitative estimate of drug-likeness (QED) is 0.767. The summed E-state index contributed by atoms with van der Waals surface area (Å²) < 4.78 is 5.56. The van der Waals surface area contributed by atoms with Crippen LogP contribution in [0.5, 0.6) is 0 Å². The standard InChI is InChI=1S/C20H33N3O3/c1-5-22(6-2)11-12-23(7-3)19(24)18-15(4)13-17(26-20(18)25)16-9-8-10-21-14-16/h13,16,21H,5-12,14H2,1-4H3. The molecule has 1 unspecified atom stereocenters. The van der Waals surface area contributed by atoms with Crippen LogP contribution in [-0.2, 0) is 0 Å². The van der Waals surface area contributed by atoms with Gasteiger partial charge in [-0.05, 0) is 58.0 Å². The molecule has 0 aromatic carbocycles. The number of nitrogens with one attached hydrogen (secondary N) is 1. The van der Waals surface area contributed by atoms with E-state index in [0.29, 0.717) is 24.4 Å². The van der Waals surface area contributed by atoms with E-state index in [2.05, 4.69) is 24.1 Å². The highest BCUT2D eigenvalue weighted by Crippen LogP contribution is 2.23. The molecular weight excluding hydrogens is 330 g/mol. The molecule has 1 saturated heterocycles. The number of aryl methyl sites for hydroxylation is 1. The van der Waals surface area contributed by atoms with E-state index in [9.17, 15) is 9.59 Å². The zero-order valence-corrected chi connectivity index (χ0v) is 16.6. The second-order valence-electron chi connectivity index (χ2n) is 6.95. The minimum absolute atomic E-state index is 0.180. The van der Waals surface area contributed by atoms with Crippen molar-refractivity contribution < 1.29 is 9.21 Å². The molecule has 1 atom stereocenters. The predicted molar refractivity (Wildman–Crippen MR) is 104 cm³/mol. The third-order valence-electron chi connectivity index (χ3n) is 5.33. The van der Waals surface area contributed by atoms with Gasteiger partial charge in [-0.25, -0.2) is 4.79 Å². The molecule has 2 heterocycles. The Bertz CT molecular complexity index is 646. The fourth-order valence-electron chi connectivity index (χ4n) is 3.55. The normalized spacial score (nSPS) is 17.5. The molecule has 1 aromatic heterocycles. The molecular formula is C20H33N3O3. The molecule has 1 fully saturated rings. The number of likely N-dealkylation sites (N-methyl/N-ethyl adjacent to an activating group) is 2. The van der Waals surface area contributed by atoms with E-state index >= 15 is 0 Å². The summed E-state index contributed by atoms with van der Waals surface area (Å²) in [7, 11) is 0. The molecule has 1 N–H and O–H groups in total. The fraction of sp³-hybridized carbons (Fsp3) is 0.700. The van der Waals surface area contributed by atoms with Crippen LogP contribution in [0, 0.1) is 6.92 Å². The fourth-order valence-corrected chi connectivity index (χ4v) is 3.55. The van der Waals surface area contributed by atoms with Crippen molar-refractivity contribution in [3.05, 3.63) is 33.4 Å². The summed E-state index contributed by atoms with van der Waals surface area (Å²) in [6.07, 6.45) is 2.08. The number of hydrogen-bond donors (Lipinski definition) is 1. The first-order valence-corrected chi connectivity index (χ1v) is 9.88. The topological polar surface area (TPSA) is 65.8 Å².